The van der Waals surface area contributed by atoms with E-state index in [0.717, 1.165) is 4.90 Å². The van der Waals surface area contributed by atoms with Crippen molar-refractivity contribution >= 4 is 11.8 Å². The van der Waals surface area contributed by atoms with E-state index in [9.17, 15) is 22.8 Å². The van der Waals surface area contributed by atoms with Crippen molar-refractivity contribution in [2.24, 2.45) is 0 Å². The lowest BCUT2D eigenvalue weighted by molar-refractivity contribution is -0.197. The van der Waals surface area contributed by atoms with Crippen molar-refractivity contribution in [3.8, 4) is 0 Å². The molecule has 9 heteroatoms. The summed E-state index contributed by atoms with van der Waals surface area (Å²) in [6.07, 6.45) is -4.77. The topological polar surface area (TPSA) is 75.4 Å². The van der Waals surface area contributed by atoms with Crippen LogP contribution in [0.15, 0.2) is 4.52 Å². The Hall–Kier alpha value is -2.06. The van der Waals surface area contributed by atoms with E-state index in [4.69, 9.17) is 4.52 Å². The molecule has 1 aromatic heterocycles. The first kappa shape index (κ1) is 18.3. The molecule has 1 aliphatic heterocycles. The maximum Gasteiger partial charge on any atom is 0.408 e. The molecule has 0 unspecified atom stereocenters. The van der Waals surface area contributed by atoms with Crippen LogP contribution in [0.5, 0.6) is 0 Å². The Morgan fingerprint density at radius 1 is 1.33 bits per heavy atom. The number of halogens is 3. The number of alkyl halides is 3. The lowest BCUT2D eigenvalue weighted by Crippen LogP contribution is -2.58. The highest BCUT2D eigenvalue weighted by Crippen LogP contribution is 2.32. The Bertz CT molecular complexity index is 608. The predicted octanol–water partition coefficient (Wildman–Crippen LogP) is 1.89. The average Bonchev–Trinajstić information content (AvgIpc) is 2.77. The van der Waals surface area contributed by atoms with E-state index in [0.29, 0.717) is 17.0 Å². The first-order valence-electron chi connectivity index (χ1n) is 7.64. The van der Waals surface area contributed by atoms with Crippen molar-refractivity contribution in [2.75, 3.05) is 6.54 Å². The fourth-order valence-corrected chi connectivity index (χ4v) is 3.00. The number of aromatic nitrogens is 1. The summed E-state index contributed by atoms with van der Waals surface area (Å²) in [5.74, 6) is -0.565. The minimum atomic E-state index is -4.50. The van der Waals surface area contributed by atoms with Crippen LogP contribution in [0.25, 0.3) is 0 Å². The molecule has 24 heavy (non-hydrogen) atoms. The Morgan fingerprint density at radius 3 is 2.50 bits per heavy atom. The maximum absolute atomic E-state index is 13.3. The van der Waals surface area contributed by atoms with Gasteiger partial charge in [-0.05, 0) is 26.7 Å². The van der Waals surface area contributed by atoms with E-state index >= 15 is 0 Å². The van der Waals surface area contributed by atoms with Crippen molar-refractivity contribution in [1.82, 2.24) is 15.4 Å². The first-order valence-corrected chi connectivity index (χ1v) is 7.64. The van der Waals surface area contributed by atoms with Crippen LogP contribution in [0, 0.1) is 13.8 Å². The van der Waals surface area contributed by atoms with Gasteiger partial charge in [-0.15, -0.1) is 0 Å². The second-order valence-corrected chi connectivity index (χ2v) is 6.06. The predicted molar refractivity (Wildman–Crippen MR) is 78.1 cm³/mol. The summed E-state index contributed by atoms with van der Waals surface area (Å²) in [6.45, 7) is 4.38. The van der Waals surface area contributed by atoms with Gasteiger partial charge in [0.15, 0.2) is 0 Å². The number of likely N-dealkylation sites (tertiary alicyclic amines) is 1. The van der Waals surface area contributed by atoms with Gasteiger partial charge in [0.1, 0.15) is 11.8 Å². The SMILES string of the molecule is CC(=O)N[C@@H]1CC[C@@H](C(F)(F)F)N(C(=O)Cc2c(C)noc2C)C1. The standard InChI is InChI=1S/C15H20F3N3O3/c1-8-12(9(2)24-20-8)6-14(23)21-7-11(19-10(3)22)4-5-13(21)15(16,17)18/h11,13H,4-7H2,1-3H3,(H,19,22)/t11-,13+/m1/s1. The van der Waals surface area contributed by atoms with Gasteiger partial charge in [0.05, 0.1) is 12.1 Å². The van der Waals surface area contributed by atoms with Gasteiger partial charge in [0, 0.05) is 25.1 Å². The molecule has 0 aromatic carbocycles. The molecule has 1 saturated heterocycles. The molecular formula is C15H20F3N3O3. The summed E-state index contributed by atoms with van der Waals surface area (Å²) in [5.41, 5.74) is 0.988. The second-order valence-electron chi connectivity index (χ2n) is 6.06. The quantitative estimate of drug-likeness (QED) is 0.906. The largest absolute Gasteiger partial charge is 0.408 e. The number of piperidine rings is 1. The fraction of sp³-hybridized carbons (Fsp3) is 0.667. The molecule has 0 aliphatic carbocycles. The van der Waals surface area contributed by atoms with Gasteiger partial charge in [-0.25, -0.2) is 0 Å². The van der Waals surface area contributed by atoms with E-state index in [-0.39, 0.29) is 31.7 Å². The molecule has 0 spiro atoms. The van der Waals surface area contributed by atoms with Crippen LogP contribution >= 0.6 is 0 Å². The highest BCUT2D eigenvalue weighted by molar-refractivity contribution is 5.80. The zero-order valence-electron chi connectivity index (χ0n) is 13.7. The number of rotatable bonds is 3. The molecule has 2 heterocycles. The summed E-state index contributed by atoms with van der Waals surface area (Å²) in [5, 5.41) is 6.30. The van der Waals surface area contributed by atoms with E-state index in [2.05, 4.69) is 10.5 Å². The third-order valence-electron chi connectivity index (χ3n) is 4.20. The highest BCUT2D eigenvalue weighted by atomic mass is 19.4. The lowest BCUT2D eigenvalue weighted by atomic mass is 9.96. The molecule has 2 amide bonds. The summed E-state index contributed by atoms with van der Waals surface area (Å²) < 4.78 is 44.8. The van der Waals surface area contributed by atoms with Crippen LogP contribution in [0.3, 0.4) is 0 Å². The summed E-state index contributed by atoms with van der Waals surface area (Å²) in [7, 11) is 0. The molecule has 0 radical (unpaired) electrons. The molecule has 134 valence electrons. The summed E-state index contributed by atoms with van der Waals surface area (Å²) in [4.78, 5) is 24.5. The number of carbonyl (C=O) groups is 2. The van der Waals surface area contributed by atoms with Gasteiger partial charge < -0.3 is 14.7 Å². The van der Waals surface area contributed by atoms with Gasteiger partial charge in [-0.1, -0.05) is 5.16 Å². The molecule has 1 fully saturated rings. The van der Waals surface area contributed by atoms with Crippen molar-refractivity contribution in [3.05, 3.63) is 17.0 Å². The van der Waals surface area contributed by atoms with Crippen LogP contribution in [-0.4, -0.2) is 46.7 Å². The Kier molecular flexibility index (Phi) is 5.19. The molecule has 2 rings (SSSR count). The van der Waals surface area contributed by atoms with Gasteiger partial charge >= 0.3 is 6.18 Å². The van der Waals surface area contributed by atoms with Gasteiger partial charge in [0.2, 0.25) is 11.8 Å². The van der Waals surface area contributed by atoms with Crippen molar-refractivity contribution < 1.29 is 27.3 Å². The molecule has 0 bridgehead atoms. The minimum absolute atomic E-state index is 0.161. The lowest BCUT2D eigenvalue weighted by Gasteiger charge is -2.40. The van der Waals surface area contributed by atoms with Crippen molar-refractivity contribution in [2.45, 2.75) is 58.3 Å². The number of amides is 2. The van der Waals surface area contributed by atoms with E-state index < -0.39 is 24.2 Å². The smallest absolute Gasteiger partial charge is 0.361 e. The molecule has 0 saturated carbocycles. The zero-order valence-corrected chi connectivity index (χ0v) is 13.7. The van der Waals surface area contributed by atoms with Crippen molar-refractivity contribution in [3.63, 3.8) is 0 Å². The van der Waals surface area contributed by atoms with Crippen LogP contribution in [0.2, 0.25) is 0 Å². The normalized spacial score (nSPS) is 21.7. The number of nitrogens with zero attached hydrogens (tertiary/aromatic N) is 2. The molecule has 1 aliphatic rings. The number of hydrogen-bond acceptors (Lipinski definition) is 4. The van der Waals surface area contributed by atoms with E-state index in [1.165, 1.54) is 6.92 Å². The number of nitrogens with one attached hydrogen (secondary N) is 1. The molecule has 1 aromatic rings. The highest BCUT2D eigenvalue weighted by Gasteiger charge is 2.48. The average molecular weight is 347 g/mol. The van der Waals surface area contributed by atoms with Crippen LogP contribution in [0.1, 0.15) is 36.8 Å². The monoisotopic (exact) mass is 347 g/mol. The number of hydrogen-bond donors (Lipinski definition) is 1. The van der Waals surface area contributed by atoms with E-state index in [1.807, 2.05) is 0 Å². The zero-order chi connectivity index (χ0) is 18.1. The number of aryl methyl sites for hydroxylation is 2. The maximum atomic E-state index is 13.3. The summed E-state index contributed by atoms with van der Waals surface area (Å²) >= 11 is 0. The third-order valence-corrected chi connectivity index (χ3v) is 4.20. The minimum Gasteiger partial charge on any atom is -0.361 e. The van der Waals surface area contributed by atoms with Crippen LogP contribution in [0.4, 0.5) is 13.2 Å². The fourth-order valence-electron chi connectivity index (χ4n) is 3.00. The van der Waals surface area contributed by atoms with Crippen LogP contribution in [-0.2, 0) is 16.0 Å². The Labute approximate surface area is 137 Å². The van der Waals surface area contributed by atoms with E-state index in [1.54, 1.807) is 13.8 Å². The molecule has 6 nitrogen and oxygen atoms in total. The van der Waals surface area contributed by atoms with Crippen LogP contribution < -0.4 is 5.32 Å². The van der Waals surface area contributed by atoms with Crippen molar-refractivity contribution in [1.29, 1.82) is 0 Å². The molecule has 1 N–H and O–H groups in total. The molecule has 2 atom stereocenters. The van der Waals surface area contributed by atoms with Gasteiger partial charge in [0.25, 0.3) is 0 Å². The summed E-state index contributed by atoms with van der Waals surface area (Å²) in [6, 6.07) is -2.31. The number of carbonyl (C=O) groups excluding carboxylic acids is 2. The Balaban J connectivity index is 2.19. The third kappa shape index (κ3) is 4.07. The first-order chi connectivity index (χ1) is 11.1. The molecular weight excluding hydrogens is 327 g/mol. The van der Waals surface area contributed by atoms with Gasteiger partial charge in [-0.2, -0.15) is 13.2 Å². The second kappa shape index (κ2) is 6.82. The van der Waals surface area contributed by atoms with Gasteiger partial charge in [-0.3, -0.25) is 9.59 Å². The Morgan fingerprint density at radius 2 is 2.00 bits per heavy atom.